The first-order valence-corrected chi connectivity index (χ1v) is 15.2. The van der Waals surface area contributed by atoms with Gasteiger partial charge in [-0.1, -0.05) is 78.9 Å². The second-order valence-electron chi connectivity index (χ2n) is 12.4. The zero-order valence-corrected chi connectivity index (χ0v) is 24.5. The summed E-state index contributed by atoms with van der Waals surface area (Å²) in [5.74, 6) is -1.07. The van der Waals surface area contributed by atoms with E-state index >= 15 is 0 Å². The molecule has 2 bridgehead atoms. The van der Waals surface area contributed by atoms with Crippen LogP contribution in [0.5, 0.6) is 0 Å². The molecule has 2 aliphatic heterocycles. The van der Waals surface area contributed by atoms with Crippen molar-refractivity contribution in [1.29, 1.82) is 0 Å². The number of halogens is 3. The Labute approximate surface area is 259 Å². The lowest BCUT2D eigenvalue weighted by molar-refractivity contribution is -0.137. The molecule has 0 amide bonds. The van der Waals surface area contributed by atoms with Gasteiger partial charge in [-0.25, -0.2) is 4.79 Å². The van der Waals surface area contributed by atoms with Crippen molar-refractivity contribution < 1.29 is 28.2 Å². The zero-order chi connectivity index (χ0) is 31.3. The maximum absolute atomic E-state index is 13.1. The third-order valence-electron chi connectivity index (χ3n) is 9.60. The van der Waals surface area contributed by atoms with Crippen molar-refractivity contribution in [3.8, 4) is 22.3 Å². The average molecular weight is 608 g/mol. The van der Waals surface area contributed by atoms with Crippen molar-refractivity contribution in [2.75, 3.05) is 0 Å². The molecule has 2 saturated heterocycles. The van der Waals surface area contributed by atoms with Crippen molar-refractivity contribution in [3.63, 3.8) is 0 Å². The van der Waals surface area contributed by atoms with E-state index in [0.29, 0.717) is 41.4 Å². The first kappa shape index (κ1) is 29.3. The Bertz CT molecular complexity index is 1850. The summed E-state index contributed by atoms with van der Waals surface area (Å²) in [6.45, 7) is 0.888. The molecule has 7 rings (SSSR count). The number of alkyl halides is 3. The van der Waals surface area contributed by atoms with Crippen LogP contribution in [0, 0.1) is 0 Å². The summed E-state index contributed by atoms with van der Waals surface area (Å²) in [4.78, 5) is 14.6. The Balaban J connectivity index is 1.17. The van der Waals surface area contributed by atoms with E-state index in [1.807, 2.05) is 48.5 Å². The Morgan fingerprint density at radius 1 is 0.778 bits per heavy atom. The minimum atomic E-state index is -4.42. The number of aromatic carboxylic acids is 1. The molecule has 0 aromatic heterocycles. The van der Waals surface area contributed by atoms with Crippen LogP contribution in [-0.2, 0) is 18.3 Å². The number of carboxylic acid groups (broad SMARTS) is 1. The second-order valence-corrected chi connectivity index (χ2v) is 12.4. The second kappa shape index (κ2) is 11.2. The minimum absolute atomic E-state index is 0.118. The van der Waals surface area contributed by atoms with Gasteiger partial charge in [-0.15, -0.1) is 0 Å². The molecule has 2 heterocycles. The molecule has 2 unspecified atom stereocenters. The van der Waals surface area contributed by atoms with Crippen molar-refractivity contribution in [2.45, 2.75) is 56.1 Å². The van der Waals surface area contributed by atoms with E-state index in [1.165, 1.54) is 17.7 Å². The van der Waals surface area contributed by atoms with Crippen LogP contribution in [0.15, 0.2) is 109 Å². The molecule has 2 aliphatic rings. The lowest BCUT2D eigenvalue weighted by Crippen LogP contribution is -2.49. The maximum Gasteiger partial charge on any atom is 0.416 e. The van der Waals surface area contributed by atoms with Gasteiger partial charge in [0, 0.05) is 18.6 Å². The third kappa shape index (κ3) is 5.62. The Morgan fingerprint density at radius 3 is 2.02 bits per heavy atom. The van der Waals surface area contributed by atoms with E-state index in [4.69, 9.17) is 0 Å². The number of carbonyl (C=O) groups is 1. The molecule has 4 nitrogen and oxygen atoms in total. The molecule has 2 fully saturated rings. The predicted octanol–water partition coefficient (Wildman–Crippen LogP) is 8.91. The van der Waals surface area contributed by atoms with Crippen LogP contribution in [0.3, 0.4) is 0 Å². The van der Waals surface area contributed by atoms with E-state index in [0.717, 1.165) is 53.6 Å². The first-order chi connectivity index (χ1) is 21.6. The van der Waals surface area contributed by atoms with Gasteiger partial charge in [0.15, 0.2) is 0 Å². The average Bonchev–Trinajstić information content (AvgIpc) is 3.28. The molecule has 2 N–H and O–H groups in total. The smallest absolute Gasteiger partial charge is 0.416 e. The van der Waals surface area contributed by atoms with E-state index in [9.17, 15) is 28.2 Å². The fourth-order valence-corrected chi connectivity index (χ4v) is 7.33. The van der Waals surface area contributed by atoms with Crippen LogP contribution in [0.2, 0.25) is 0 Å². The summed E-state index contributed by atoms with van der Waals surface area (Å²) in [6.07, 6.45) is -0.946. The molecule has 2 atom stereocenters. The van der Waals surface area contributed by atoms with Gasteiger partial charge in [0.2, 0.25) is 0 Å². The SMILES string of the molecule is O=C(O)c1cc(-c2ccc(C3(O)CC4CCC(C3)N4Cc3ccccc3)cc2)c2ccc(-c3ccc(C(F)(F)F)cc3)cc2c1. The summed E-state index contributed by atoms with van der Waals surface area (Å²) in [6, 6.07) is 32.6. The van der Waals surface area contributed by atoms with Gasteiger partial charge in [0.1, 0.15) is 0 Å². The van der Waals surface area contributed by atoms with Crippen molar-refractivity contribution in [3.05, 3.63) is 131 Å². The number of benzene rings is 5. The number of hydrogen-bond acceptors (Lipinski definition) is 3. The monoisotopic (exact) mass is 607 g/mol. The van der Waals surface area contributed by atoms with Crippen LogP contribution >= 0.6 is 0 Å². The highest BCUT2D eigenvalue weighted by molar-refractivity contribution is 6.04. The fraction of sp³-hybridized carbons (Fsp3) is 0.237. The molecular weight excluding hydrogens is 575 g/mol. The third-order valence-corrected chi connectivity index (χ3v) is 9.60. The van der Waals surface area contributed by atoms with Crippen LogP contribution < -0.4 is 0 Å². The van der Waals surface area contributed by atoms with E-state index < -0.39 is 23.3 Å². The highest BCUT2D eigenvalue weighted by Crippen LogP contribution is 2.47. The van der Waals surface area contributed by atoms with Gasteiger partial charge >= 0.3 is 12.1 Å². The number of carboxylic acids is 1. The molecule has 0 saturated carbocycles. The predicted molar refractivity (Wildman–Crippen MR) is 169 cm³/mol. The van der Waals surface area contributed by atoms with Gasteiger partial charge in [-0.3, -0.25) is 4.90 Å². The minimum Gasteiger partial charge on any atom is -0.478 e. The van der Waals surface area contributed by atoms with Crippen molar-refractivity contribution in [2.24, 2.45) is 0 Å². The summed E-state index contributed by atoms with van der Waals surface area (Å²) in [5.41, 5.74) is 3.47. The van der Waals surface area contributed by atoms with Crippen molar-refractivity contribution >= 4 is 16.7 Å². The molecule has 0 radical (unpaired) electrons. The molecule has 5 aromatic carbocycles. The number of aliphatic hydroxyl groups is 1. The molecular formula is C38H32F3NO3. The van der Waals surface area contributed by atoms with E-state index in [1.54, 1.807) is 12.1 Å². The quantitative estimate of drug-likeness (QED) is 0.202. The highest BCUT2D eigenvalue weighted by atomic mass is 19.4. The molecule has 45 heavy (non-hydrogen) atoms. The standard InChI is InChI=1S/C38H32F3NO3/c39-38(40,41)31-13-6-25(7-14-31)27-10-17-34-28(18-27)19-29(36(43)44)20-35(34)26-8-11-30(12-9-26)37(45)21-32-15-16-33(22-37)42(32)23-24-4-2-1-3-5-24/h1-14,17-20,32-33,45H,15-16,21-23H2,(H,43,44). The van der Waals surface area contributed by atoms with E-state index in [-0.39, 0.29) is 5.56 Å². The van der Waals surface area contributed by atoms with Gasteiger partial charge in [0.25, 0.3) is 0 Å². The zero-order valence-electron chi connectivity index (χ0n) is 24.5. The Hall–Kier alpha value is -4.46. The molecule has 0 spiro atoms. The Morgan fingerprint density at radius 2 is 1.40 bits per heavy atom. The van der Waals surface area contributed by atoms with Crippen LogP contribution in [0.1, 0.15) is 52.7 Å². The number of fused-ring (bicyclic) bond motifs is 3. The number of rotatable bonds is 6. The topological polar surface area (TPSA) is 60.8 Å². The van der Waals surface area contributed by atoms with Gasteiger partial charge < -0.3 is 10.2 Å². The fourth-order valence-electron chi connectivity index (χ4n) is 7.33. The van der Waals surface area contributed by atoms with E-state index in [2.05, 4.69) is 29.2 Å². The van der Waals surface area contributed by atoms with Crippen molar-refractivity contribution in [1.82, 2.24) is 4.90 Å². The van der Waals surface area contributed by atoms with Gasteiger partial charge in [-0.05, 0) is 100 Å². The number of piperidine rings is 1. The molecule has 0 aliphatic carbocycles. The molecule has 228 valence electrons. The molecule has 5 aromatic rings. The highest BCUT2D eigenvalue weighted by Gasteiger charge is 2.48. The van der Waals surface area contributed by atoms with Crippen LogP contribution in [0.25, 0.3) is 33.0 Å². The first-order valence-electron chi connectivity index (χ1n) is 15.2. The number of nitrogens with zero attached hydrogens (tertiary/aromatic N) is 1. The summed E-state index contributed by atoms with van der Waals surface area (Å²) < 4.78 is 39.2. The summed E-state index contributed by atoms with van der Waals surface area (Å²) >= 11 is 0. The Kier molecular flexibility index (Phi) is 7.26. The number of hydrogen-bond donors (Lipinski definition) is 2. The summed E-state index contributed by atoms with van der Waals surface area (Å²) in [5, 5.41) is 23.3. The van der Waals surface area contributed by atoms with Crippen LogP contribution in [0.4, 0.5) is 13.2 Å². The van der Waals surface area contributed by atoms with Gasteiger partial charge in [-0.2, -0.15) is 13.2 Å². The largest absolute Gasteiger partial charge is 0.478 e. The molecule has 7 heteroatoms. The van der Waals surface area contributed by atoms with Crippen LogP contribution in [-0.4, -0.2) is 33.2 Å². The normalized spacial score (nSPS) is 21.7. The lowest BCUT2D eigenvalue weighted by atomic mass is 9.80. The maximum atomic E-state index is 13.1. The van der Waals surface area contributed by atoms with Gasteiger partial charge in [0.05, 0.1) is 16.7 Å². The lowest BCUT2D eigenvalue weighted by Gasteiger charge is -2.44. The summed E-state index contributed by atoms with van der Waals surface area (Å²) in [7, 11) is 0.